The van der Waals surface area contributed by atoms with Crippen molar-refractivity contribution < 1.29 is 9.90 Å². The number of carbonyl (C=O) groups is 1. The van der Waals surface area contributed by atoms with E-state index in [1.54, 1.807) is 39.8 Å². The SMILES string of the molecule is CC(C)(O)C(C)(C)NC(=O)c1cc(Cl)nc2ccccc12. The molecule has 0 saturated heterocycles. The number of pyridine rings is 1. The van der Waals surface area contributed by atoms with Gasteiger partial charge in [-0.05, 0) is 39.8 Å². The fraction of sp³-hybridized carbons (Fsp3) is 0.375. The van der Waals surface area contributed by atoms with Crippen LogP contribution < -0.4 is 5.32 Å². The predicted molar refractivity (Wildman–Crippen MR) is 84.6 cm³/mol. The van der Waals surface area contributed by atoms with Crippen molar-refractivity contribution in [2.45, 2.75) is 38.8 Å². The third kappa shape index (κ3) is 3.17. The molecule has 0 unspecified atom stereocenters. The van der Waals surface area contributed by atoms with Gasteiger partial charge >= 0.3 is 0 Å². The van der Waals surface area contributed by atoms with Crippen molar-refractivity contribution in [1.29, 1.82) is 0 Å². The van der Waals surface area contributed by atoms with Gasteiger partial charge in [0.1, 0.15) is 5.15 Å². The summed E-state index contributed by atoms with van der Waals surface area (Å²) in [5.41, 5.74) is -0.741. The predicted octanol–water partition coefficient (Wildman–Crippen LogP) is 3.17. The zero-order valence-corrected chi connectivity index (χ0v) is 13.3. The van der Waals surface area contributed by atoms with E-state index < -0.39 is 11.1 Å². The maximum atomic E-state index is 12.6. The van der Waals surface area contributed by atoms with E-state index in [1.165, 1.54) is 0 Å². The molecule has 0 bridgehead atoms. The Balaban J connectivity index is 2.45. The number of rotatable bonds is 3. The molecule has 0 atom stereocenters. The Bertz CT molecular complexity index is 690. The number of hydrogen-bond donors (Lipinski definition) is 2. The van der Waals surface area contributed by atoms with E-state index in [9.17, 15) is 9.90 Å². The molecule has 1 amide bonds. The van der Waals surface area contributed by atoms with Crippen LogP contribution in [0, 0.1) is 0 Å². The highest BCUT2D eigenvalue weighted by atomic mass is 35.5. The van der Waals surface area contributed by atoms with Gasteiger partial charge in [-0.15, -0.1) is 0 Å². The van der Waals surface area contributed by atoms with Crippen molar-refractivity contribution in [2.75, 3.05) is 0 Å². The minimum atomic E-state index is -1.06. The zero-order chi connectivity index (χ0) is 15.8. The molecule has 1 heterocycles. The molecule has 21 heavy (non-hydrogen) atoms. The maximum absolute atomic E-state index is 12.6. The van der Waals surface area contributed by atoms with Crippen molar-refractivity contribution in [3.63, 3.8) is 0 Å². The van der Waals surface area contributed by atoms with Crippen LogP contribution in [0.2, 0.25) is 5.15 Å². The van der Waals surface area contributed by atoms with Crippen molar-refractivity contribution in [3.8, 4) is 0 Å². The number of carbonyl (C=O) groups excluding carboxylic acids is 1. The Kier molecular flexibility index (Phi) is 3.95. The van der Waals surface area contributed by atoms with Gasteiger partial charge in [-0.2, -0.15) is 0 Å². The lowest BCUT2D eigenvalue weighted by Gasteiger charge is -2.38. The first kappa shape index (κ1) is 15.7. The second-order valence-corrected chi connectivity index (χ2v) is 6.54. The average molecular weight is 307 g/mol. The first-order valence-electron chi connectivity index (χ1n) is 6.72. The monoisotopic (exact) mass is 306 g/mol. The van der Waals surface area contributed by atoms with E-state index in [0.29, 0.717) is 11.1 Å². The van der Waals surface area contributed by atoms with Crippen LogP contribution in [0.25, 0.3) is 10.9 Å². The molecule has 0 saturated carbocycles. The molecular weight excluding hydrogens is 288 g/mol. The van der Waals surface area contributed by atoms with Gasteiger partial charge < -0.3 is 10.4 Å². The summed E-state index contributed by atoms with van der Waals surface area (Å²) < 4.78 is 0. The van der Waals surface area contributed by atoms with Gasteiger partial charge in [0, 0.05) is 5.39 Å². The highest BCUT2D eigenvalue weighted by Gasteiger charge is 2.36. The first-order valence-corrected chi connectivity index (χ1v) is 7.10. The highest BCUT2D eigenvalue weighted by molar-refractivity contribution is 6.30. The standard InChI is InChI=1S/C16H19ClN2O2/c1-15(2,16(3,4)21)19-14(20)11-9-13(17)18-12-8-6-5-7-10(11)12/h5-9,21H,1-4H3,(H,19,20). The number of hydrogen-bond acceptors (Lipinski definition) is 3. The van der Waals surface area contributed by atoms with Crippen LogP contribution in [-0.4, -0.2) is 27.1 Å². The zero-order valence-electron chi connectivity index (χ0n) is 12.6. The number of para-hydroxylation sites is 1. The number of benzene rings is 1. The molecule has 2 N–H and O–H groups in total. The number of halogens is 1. The molecular formula is C16H19ClN2O2. The van der Waals surface area contributed by atoms with Gasteiger partial charge in [-0.3, -0.25) is 4.79 Å². The Morgan fingerprint density at radius 2 is 1.86 bits per heavy atom. The maximum Gasteiger partial charge on any atom is 0.252 e. The van der Waals surface area contributed by atoms with E-state index in [1.807, 2.05) is 18.2 Å². The molecule has 0 aliphatic rings. The third-order valence-corrected chi connectivity index (χ3v) is 4.08. The largest absolute Gasteiger partial charge is 0.388 e. The molecule has 1 aromatic carbocycles. The van der Waals surface area contributed by atoms with Gasteiger partial charge in [0.05, 0.1) is 22.2 Å². The van der Waals surface area contributed by atoms with Crippen molar-refractivity contribution >= 4 is 28.4 Å². The van der Waals surface area contributed by atoms with Crippen LogP contribution in [0.1, 0.15) is 38.1 Å². The van der Waals surface area contributed by atoms with Crippen LogP contribution in [0.3, 0.4) is 0 Å². The summed E-state index contributed by atoms with van der Waals surface area (Å²) >= 11 is 5.99. The van der Waals surface area contributed by atoms with Crippen LogP contribution in [0.4, 0.5) is 0 Å². The minimum absolute atomic E-state index is 0.264. The molecule has 0 spiro atoms. The van der Waals surface area contributed by atoms with Crippen molar-refractivity contribution in [2.24, 2.45) is 0 Å². The lowest BCUT2D eigenvalue weighted by Crippen LogP contribution is -2.57. The first-order chi connectivity index (χ1) is 9.62. The van der Waals surface area contributed by atoms with Gasteiger partial charge in [-0.25, -0.2) is 4.98 Å². The normalized spacial score (nSPS) is 12.5. The molecule has 0 aliphatic carbocycles. The van der Waals surface area contributed by atoms with Crippen molar-refractivity contribution in [3.05, 3.63) is 41.0 Å². The molecule has 2 rings (SSSR count). The molecule has 1 aromatic heterocycles. The highest BCUT2D eigenvalue weighted by Crippen LogP contribution is 2.24. The number of nitrogens with zero attached hydrogens (tertiary/aromatic N) is 1. The van der Waals surface area contributed by atoms with Gasteiger partial charge in [0.25, 0.3) is 5.91 Å². The lowest BCUT2D eigenvalue weighted by atomic mass is 9.85. The fourth-order valence-electron chi connectivity index (χ4n) is 1.84. The number of nitrogens with one attached hydrogen (secondary N) is 1. The fourth-order valence-corrected chi connectivity index (χ4v) is 2.04. The van der Waals surface area contributed by atoms with Crippen molar-refractivity contribution in [1.82, 2.24) is 10.3 Å². The number of aliphatic hydroxyl groups is 1. The van der Waals surface area contributed by atoms with Gasteiger partial charge in [0.15, 0.2) is 0 Å². The third-order valence-electron chi connectivity index (χ3n) is 3.89. The van der Waals surface area contributed by atoms with E-state index in [2.05, 4.69) is 10.3 Å². The van der Waals surface area contributed by atoms with Gasteiger partial charge in [0.2, 0.25) is 0 Å². The minimum Gasteiger partial charge on any atom is -0.388 e. The average Bonchev–Trinajstić information content (AvgIpc) is 2.35. The molecule has 0 fully saturated rings. The Hall–Kier alpha value is -1.65. The molecule has 112 valence electrons. The molecule has 0 radical (unpaired) electrons. The Morgan fingerprint density at radius 3 is 2.48 bits per heavy atom. The second kappa shape index (κ2) is 5.28. The summed E-state index contributed by atoms with van der Waals surface area (Å²) in [6, 6.07) is 8.85. The molecule has 2 aromatic rings. The lowest BCUT2D eigenvalue weighted by molar-refractivity contribution is -0.00289. The quantitative estimate of drug-likeness (QED) is 0.856. The Morgan fingerprint density at radius 1 is 1.24 bits per heavy atom. The second-order valence-electron chi connectivity index (χ2n) is 6.15. The Labute approximate surface area is 129 Å². The van der Waals surface area contributed by atoms with Gasteiger partial charge in [-0.1, -0.05) is 29.8 Å². The molecule has 5 heteroatoms. The number of fused-ring (bicyclic) bond motifs is 1. The molecule has 0 aliphatic heterocycles. The van der Waals surface area contributed by atoms with Crippen LogP contribution in [0.15, 0.2) is 30.3 Å². The van der Waals surface area contributed by atoms with E-state index >= 15 is 0 Å². The number of amides is 1. The van der Waals surface area contributed by atoms with E-state index in [0.717, 1.165) is 5.39 Å². The summed E-state index contributed by atoms with van der Waals surface area (Å²) in [6.45, 7) is 6.86. The summed E-state index contributed by atoms with van der Waals surface area (Å²) in [5.74, 6) is -0.289. The smallest absolute Gasteiger partial charge is 0.252 e. The van der Waals surface area contributed by atoms with E-state index in [-0.39, 0.29) is 11.1 Å². The summed E-state index contributed by atoms with van der Waals surface area (Å²) in [4.78, 5) is 16.8. The summed E-state index contributed by atoms with van der Waals surface area (Å²) in [7, 11) is 0. The number of aromatic nitrogens is 1. The molecule has 4 nitrogen and oxygen atoms in total. The van der Waals surface area contributed by atoms with Crippen LogP contribution >= 0.6 is 11.6 Å². The van der Waals surface area contributed by atoms with E-state index in [4.69, 9.17) is 11.6 Å². The van der Waals surface area contributed by atoms with Crippen LogP contribution in [0.5, 0.6) is 0 Å². The van der Waals surface area contributed by atoms with Crippen LogP contribution in [-0.2, 0) is 0 Å². The topological polar surface area (TPSA) is 62.2 Å². The summed E-state index contributed by atoms with van der Waals surface area (Å²) in [6.07, 6.45) is 0. The summed E-state index contributed by atoms with van der Waals surface area (Å²) in [5, 5.41) is 14.0.